The summed E-state index contributed by atoms with van der Waals surface area (Å²) in [4.78, 5) is 25.1. The molecule has 0 radical (unpaired) electrons. The summed E-state index contributed by atoms with van der Waals surface area (Å²) >= 11 is 0. The fourth-order valence-corrected chi connectivity index (χ4v) is 3.66. The molecule has 2 atom stereocenters. The van der Waals surface area contributed by atoms with E-state index in [0.717, 1.165) is 31.7 Å². The van der Waals surface area contributed by atoms with Gasteiger partial charge in [0.2, 0.25) is 5.91 Å². The lowest BCUT2D eigenvalue weighted by Crippen LogP contribution is -2.48. The van der Waals surface area contributed by atoms with Crippen LogP contribution < -0.4 is 0 Å². The van der Waals surface area contributed by atoms with Crippen molar-refractivity contribution in [1.29, 1.82) is 0 Å². The zero-order chi connectivity index (χ0) is 23.8. The molecule has 2 aliphatic rings. The Labute approximate surface area is 184 Å². The van der Waals surface area contributed by atoms with Crippen molar-refractivity contribution in [1.82, 2.24) is 9.80 Å². The van der Waals surface area contributed by atoms with Crippen molar-refractivity contribution < 1.29 is 46.5 Å². The molecule has 0 aromatic carbocycles. The van der Waals surface area contributed by atoms with Crippen LogP contribution >= 0.6 is 0 Å². The lowest BCUT2D eigenvalue weighted by molar-refractivity contribution is -0.192. The highest BCUT2D eigenvalue weighted by Crippen LogP contribution is 2.33. The Morgan fingerprint density at radius 1 is 1.41 bits per heavy atom. The second kappa shape index (κ2) is 11.6. The van der Waals surface area contributed by atoms with Crippen LogP contribution in [0.25, 0.3) is 0 Å². The predicted octanol–water partition coefficient (Wildman–Crippen LogP) is 1.77. The van der Waals surface area contributed by atoms with Gasteiger partial charge in [0.25, 0.3) is 0 Å². The van der Waals surface area contributed by atoms with Crippen molar-refractivity contribution in [2.24, 2.45) is 0 Å². The highest BCUT2D eigenvalue weighted by Gasteiger charge is 2.44. The third kappa shape index (κ3) is 8.08. The summed E-state index contributed by atoms with van der Waals surface area (Å²) in [6.07, 6.45) is -1.37. The van der Waals surface area contributed by atoms with Gasteiger partial charge >= 0.3 is 12.1 Å². The number of alkyl halides is 3. The summed E-state index contributed by atoms with van der Waals surface area (Å²) < 4.78 is 54.2. The molecule has 2 saturated heterocycles. The van der Waals surface area contributed by atoms with Crippen LogP contribution in [0.3, 0.4) is 0 Å². The molecule has 2 unspecified atom stereocenters. The summed E-state index contributed by atoms with van der Waals surface area (Å²) in [5.74, 6) is -1.81. The van der Waals surface area contributed by atoms with E-state index in [1.165, 1.54) is 0 Å². The number of furan rings is 1. The van der Waals surface area contributed by atoms with E-state index in [0.29, 0.717) is 26.3 Å². The van der Waals surface area contributed by atoms with Crippen molar-refractivity contribution >= 4 is 11.9 Å². The van der Waals surface area contributed by atoms with E-state index < -0.39 is 17.7 Å². The van der Waals surface area contributed by atoms with Gasteiger partial charge in [0.15, 0.2) is 0 Å². The molecule has 2 aliphatic heterocycles. The first-order valence-electron chi connectivity index (χ1n) is 10.1. The second-order valence-corrected chi connectivity index (χ2v) is 7.84. The third-order valence-electron chi connectivity index (χ3n) is 5.07. The molecule has 3 rings (SSSR count). The first-order valence-corrected chi connectivity index (χ1v) is 10.1. The number of aliphatic carboxylic acids is 1. The van der Waals surface area contributed by atoms with Crippen LogP contribution in [0, 0.1) is 0 Å². The summed E-state index contributed by atoms with van der Waals surface area (Å²) in [7, 11) is 3.60. The molecule has 9 nitrogen and oxygen atoms in total. The van der Waals surface area contributed by atoms with Crippen LogP contribution in [0.15, 0.2) is 22.8 Å². The van der Waals surface area contributed by atoms with Gasteiger partial charge < -0.3 is 28.6 Å². The van der Waals surface area contributed by atoms with Gasteiger partial charge in [0, 0.05) is 20.2 Å². The van der Waals surface area contributed by atoms with Gasteiger partial charge in [0.05, 0.1) is 38.7 Å². The van der Waals surface area contributed by atoms with E-state index in [4.69, 9.17) is 28.5 Å². The predicted molar refractivity (Wildman–Crippen MR) is 105 cm³/mol. The van der Waals surface area contributed by atoms with Gasteiger partial charge in [-0.05, 0) is 32.0 Å². The molecule has 0 aliphatic carbocycles. The van der Waals surface area contributed by atoms with Gasteiger partial charge in [-0.15, -0.1) is 0 Å². The quantitative estimate of drug-likeness (QED) is 0.677. The number of nitrogens with zero attached hydrogens (tertiary/aromatic N) is 2. The number of amides is 1. The minimum Gasteiger partial charge on any atom is -0.475 e. The summed E-state index contributed by atoms with van der Waals surface area (Å²) in [5.41, 5.74) is -0.393. The van der Waals surface area contributed by atoms with Crippen molar-refractivity contribution in [2.75, 3.05) is 53.6 Å². The first kappa shape index (κ1) is 26.1. The van der Waals surface area contributed by atoms with Crippen LogP contribution in [-0.2, 0) is 30.3 Å². The number of carbonyl (C=O) groups is 2. The molecule has 1 aromatic rings. The molecular formula is C20H29F3N2O7. The van der Waals surface area contributed by atoms with Gasteiger partial charge in [-0.3, -0.25) is 9.69 Å². The highest BCUT2D eigenvalue weighted by atomic mass is 19.4. The van der Waals surface area contributed by atoms with Gasteiger partial charge in [-0.25, -0.2) is 4.79 Å². The SMILES string of the molecule is COCC(=O)N1CCOCC2(CCC(CN(C)Cc3ccco3)O2)C1.O=C(O)C(F)(F)F. The van der Waals surface area contributed by atoms with Crippen LogP contribution in [0.5, 0.6) is 0 Å². The fraction of sp³-hybridized carbons (Fsp3) is 0.700. The largest absolute Gasteiger partial charge is 0.490 e. The summed E-state index contributed by atoms with van der Waals surface area (Å²) in [6.45, 7) is 3.95. The molecule has 2 fully saturated rings. The molecule has 1 N–H and O–H groups in total. The van der Waals surface area contributed by atoms with Crippen molar-refractivity contribution in [2.45, 2.75) is 37.3 Å². The Hall–Kier alpha value is -2.15. The number of ether oxygens (including phenoxy) is 3. The summed E-state index contributed by atoms with van der Waals surface area (Å²) in [5, 5.41) is 7.12. The lowest BCUT2D eigenvalue weighted by atomic mass is 10.00. The average molecular weight is 466 g/mol. The number of carbonyl (C=O) groups excluding carboxylic acids is 1. The second-order valence-electron chi connectivity index (χ2n) is 7.84. The number of methoxy groups -OCH3 is 1. The topological polar surface area (TPSA) is 102 Å². The standard InChI is InChI=1S/C18H28N2O5.C2HF3O2/c1-19(10-15-4-3-8-24-15)11-16-5-6-18(25-16)13-20(7-9-23-14-18)17(21)12-22-2;3-2(4,5)1(6)7/h3-4,8,16H,5-7,9-14H2,1-2H3;(H,6,7). The normalized spacial score (nSPS) is 23.7. The fourth-order valence-electron chi connectivity index (χ4n) is 3.66. The Balaban J connectivity index is 0.000000451. The van der Waals surface area contributed by atoms with Gasteiger partial charge in [-0.1, -0.05) is 0 Å². The molecule has 1 spiro atoms. The molecule has 182 valence electrons. The van der Waals surface area contributed by atoms with Gasteiger partial charge in [-0.2, -0.15) is 13.2 Å². The van der Waals surface area contributed by atoms with Crippen LogP contribution in [0.4, 0.5) is 13.2 Å². The van der Waals surface area contributed by atoms with E-state index in [2.05, 4.69) is 11.9 Å². The van der Waals surface area contributed by atoms with Crippen LogP contribution in [0.1, 0.15) is 18.6 Å². The van der Waals surface area contributed by atoms with E-state index in [-0.39, 0.29) is 18.6 Å². The minimum atomic E-state index is -5.08. The lowest BCUT2D eigenvalue weighted by Gasteiger charge is -2.32. The van der Waals surface area contributed by atoms with Gasteiger partial charge in [0.1, 0.15) is 18.0 Å². The van der Waals surface area contributed by atoms with E-state index in [1.807, 2.05) is 17.0 Å². The molecule has 1 amide bonds. The number of hydrogen-bond acceptors (Lipinski definition) is 7. The minimum absolute atomic E-state index is 0.00522. The Morgan fingerprint density at radius 2 is 2.12 bits per heavy atom. The van der Waals surface area contributed by atoms with Crippen LogP contribution in [-0.4, -0.2) is 98.3 Å². The monoisotopic (exact) mass is 466 g/mol. The maximum absolute atomic E-state index is 12.2. The number of carboxylic acid groups (broad SMARTS) is 1. The summed E-state index contributed by atoms with van der Waals surface area (Å²) in [6, 6.07) is 3.88. The molecule has 0 saturated carbocycles. The molecule has 12 heteroatoms. The van der Waals surface area contributed by atoms with E-state index in [1.54, 1.807) is 13.4 Å². The molecular weight excluding hydrogens is 437 g/mol. The molecule has 32 heavy (non-hydrogen) atoms. The Kier molecular flexibility index (Phi) is 9.49. The van der Waals surface area contributed by atoms with Crippen molar-refractivity contribution in [3.8, 4) is 0 Å². The first-order chi connectivity index (χ1) is 15.0. The number of likely N-dealkylation sites (N-methyl/N-ethyl adjacent to an activating group) is 1. The number of rotatable bonds is 6. The van der Waals surface area contributed by atoms with E-state index >= 15 is 0 Å². The molecule has 3 heterocycles. The number of halogens is 3. The van der Waals surface area contributed by atoms with Crippen molar-refractivity contribution in [3.63, 3.8) is 0 Å². The number of carboxylic acids is 1. The molecule has 1 aromatic heterocycles. The zero-order valence-electron chi connectivity index (χ0n) is 18.1. The molecule has 0 bridgehead atoms. The highest BCUT2D eigenvalue weighted by molar-refractivity contribution is 5.77. The Bertz CT molecular complexity index is 729. The van der Waals surface area contributed by atoms with Crippen LogP contribution in [0.2, 0.25) is 0 Å². The Morgan fingerprint density at radius 3 is 2.72 bits per heavy atom. The maximum atomic E-state index is 12.2. The zero-order valence-corrected chi connectivity index (χ0v) is 18.1. The maximum Gasteiger partial charge on any atom is 0.490 e. The van der Waals surface area contributed by atoms with E-state index in [9.17, 15) is 18.0 Å². The third-order valence-corrected chi connectivity index (χ3v) is 5.07. The van der Waals surface area contributed by atoms with Crippen molar-refractivity contribution in [3.05, 3.63) is 24.2 Å². The average Bonchev–Trinajstić information content (AvgIpc) is 3.28. The number of hydrogen-bond donors (Lipinski definition) is 1. The smallest absolute Gasteiger partial charge is 0.475 e.